The normalized spacial score (nSPS) is 21.9. The third kappa shape index (κ3) is 8.23. The highest BCUT2D eigenvalue weighted by Gasteiger charge is 2.42. The Morgan fingerprint density at radius 2 is 1.30 bits per heavy atom. The van der Waals surface area contributed by atoms with Gasteiger partial charge in [0, 0.05) is 17.7 Å². The first-order chi connectivity index (χ1) is 22.5. The van der Waals surface area contributed by atoms with Crippen LogP contribution >= 0.6 is 0 Å². The summed E-state index contributed by atoms with van der Waals surface area (Å²) in [6, 6.07) is 6.08. The number of unbranched alkanes of at least 4 members (excludes halogenated alkanes) is 2. The van der Waals surface area contributed by atoms with E-state index in [1.54, 1.807) is 6.07 Å². The zero-order chi connectivity index (χ0) is 33.7. The van der Waals surface area contributed by atoms with E-state index >= 15 is 4.39 Å². The fourth-order valence-electron chi connectivity index (χ4n) is 7.57. The molecule has 0 amide bonds. The molecule has 0 heterocycles. The van der Waals surface area contributed by atoms with Crippen LogP contribution < -0.4 is 9.47 Å². The minimum atomic E-state index is -4.72. The molecule has 0 bridgehead atoms. The summed E-state index contributed by atoms with van der Waals surface area (Å²) in [6.07, 6.45) is 9.79. The Bertz CT molecular complexity index is 1460. The van der Waals surface area contributed by atoms with Gasteiger partial charge >= 0.3 is 6.11 Å². The van der Waals surface area contributed by atoms with Crippen molar-refractivity contribution >= 4 is 0 Å². The molecule has 0 aromatic heterocycles. The van der Waals surface area contributed by atoms with Crippen LogP contribution in [-0.2, 0) is 6.11 Å². The lowest BCUT2D eigenvalue weighted by Gasteiger charge is -2.38. The van der Waals surface area contributed by atoms with Crippen LogP contribution in [0.15, 0.2) is 42.5 Å². The lowest BCUT2D eigenvalue weighted by molar-refractivity contribution is -0.189. The molecule has 0 radical (unpaired) electrons. The van der Waals surface area contributed by atoms with E-state index in [0.29, 0.717) is 18.1 Å². The van der Waals surface area contributed by atoms with E-state index in [0.717, 1.165) is 43.1 Å². The van der Waals surface area contributed by atoms with Crippen LogP contribution in [0, 0.1) is 46.8 Å². The maximum Gasteiger partial charge on any atom is 0.432 e. The standard InChI is InChI=1S/C37H40F8O2/c1-2-3-4-5-22-6-8-23(9-7-22)24-10-12-25(13-11-24)26-14-15-29(30(39)16-26)27-17-31(40)35(32(41)18-27)37(44,45)47-28-19-33(42)36(46-21-38)34(43)20-28/h14-20,22-25H,2-13,21H2,1H3. The molecule has 0 aliphatic heterocycles. The van der Waals surface area contributed by atoms with Crippen LogP contribution in [0.5, 0.6) is 11.5 Å². The SMILES string of the molecule is CCCCCC1CCC(C2CCC(c3ccc(-c4cc(F)c(C(F)(F)Oc5cc(F)c(OCF)c(F)c5)c(F)c4)c(F)c3)CC2)CC1. The highest BCUT2D eigenvalue weighted by Crippen LogP contribution is 2.45. The van der Waals surface area contributed by atoms with Crippen molar-refractivity contribution in [1.82, 2.24) is 0 Å². The summed E-state index contributed by atoms with van der Waals surface area (Å²) in [4.78, 5) is 0. The topological polar surface area (TPSA) is 18.5 Å². The van der Waals surface area contributed by atoms with E-state index in [1.807, 2.05) is 0 Å². The van der Waals surface area contributed by atoms with Gasteiger partial charge in [-0.25, -0.2) is 26.3 Å². The Labute approximate surface area is 270 Å². The Morgan fingerprint density at radius 1 is 0.702 bits per heavy atom. The van der Waals surface area contributed by atoms with E-state index in [-0.39, 0.29) is 29.2 Å². The van der Waals surface area contributed by atoms with Gasteiger partial charge < -0.3 is 9.47 Å². The summed E-state index contributed by atoms with van der Waals surface area (Å²) in [5, 5.41) is 0. The van der Waals surface area contributed by atoms with Crippen LogP contribution in [0.1, 0.15) is 101 Å². The van der Waals surface area contributed by atoms with Crippen LogP contribution in [0.4, 0.5) is 35.1 Å². The molecule has 0 N–H and O–H groups in total. The Balaban J connectivity index is 1.22. The van der Waals surface area contributed by atoms with E-state index < -0.39 is 59.1 Å². The van der Waals surface area contributed by atoms with Gasteiger partial charge in [0.05, 0.1) is 0 Å². The lowest BCUT2D eigenvalue weighted by atomic mass is 9.68. The van der Waals surface area contributed by atoms with Crippen molar-refractivity contribution in [3.63, 3.8) is 0 Å². The van der Waals surface area contributed by atoms with Crippen LogP contribution in [0.25, 0.3) is 11.1 Å². The minimum absolute atomic E-state index is 0.166. The van der Waals surface area contributed by atoms with Gasteiger partial charge in [0.25, 0.3) is 0 Å². The number of alkyl halides is 3. The summed E-state index contributed by atoms with van der Waals surface area (Å²) in [5.41, 5.74) is -1.50. The molecule has 2 nitrogen and oxygen atoms in total. The third-order valence-corrected chi connectivity index (χ3v) is 10.1. The van der Waals surface area contributed by atoms with Crippen molar-refractivity contribution in [1.29, 1.82) is 0 Å². The Hall–Kier alpha value is -3.30. The number of hydrogen-bond donors (Lipinski definition) is 0. The van der Waals surface area contributed by atoms with E-state index in [2.05, 4.69) is 16.4 Å². The number of rotatable bonds is 12. The smallest absolute Gasteiger partial charge is 0.432 e. The summed E-state index contributed by atoms with van der Waals surface area (Å²) in [7, 11) is 0. The second kappa shape index (κ2) is 15.3. The Morgan fingerprint density at radius 3 is 1.85 bits per heavy atom. The third-order valence-electron chi connectivity index (χ3n) is 10.1. The van der Waals surface area contributed by atoms with Crippen molar-refractivity contribution in [3.8, 4) is 22.6 Å². The summed E-state index contributed by atoms with van der Waals surface area (Å²) < 4.78 is 124. The van der Waals surface area contributed by atoms with Gasteiger partial charge in [0.15, 0.2) is 17.4 Å². The molecule has 3 aromatic carbocycles. The van der Waals surface area contributed by atoms with Gasteiger partial charge in [0.2, 0.25) is 6.86 Å². The van der Waals surface area contributed by atoms with Gasteiger partial charge in [0.1, 0.15) is 28.8 Å². The largest absolute Gasteiger partial charge is 0.457 e. The molecule has 0 unspecified atom stereocenters. The quantitative estimate of drug-likeness (QED) is 0.141. The average Bonchev–Trinajstić information content (AvgIpc) is 3.02. The first-order valence-corrected chi connectivity index (χ1v) is 16.5. The van der Waals surface area contributed by atoms with E-state index in [9.17, 15) is 30.7 Å². The predicted octanol–water partition coefficient (Wildman–Crippen LogP) is 12.1. The molecule has 2 fully saturated rings. The maximum absolute atomic E-state index is 15.3. The zero-order valence-electron chi connectivity index (χ0n) is 26.4. The monoisotopic (exact) mass is 668 g/mol. The fraction of sp³-hybridized carbons (Fsp3) is 0.514. The highest BCUT2D eigenvalue weighted by atomic mass is 19.3. The first-order valence-electron chi connectivity index (χ1n) is 16.5. The second-order valence-corrected chi connectivity index (χ2v) is 13.0. The second-order valence-electron chi connectivity index (χ2n) is 13.0. The van der Waals surface area contributed by atoms with Crippen molar-refractivity contribution in [2.75, 3.05) is 6.86 Å². The molecular formula is C37H40F8O2. The first kappa shape index (κ1) is 35.0. The molecule has 2 aliphatic carbocycles. The van der Waals surface area contributed by atoms with Crippen LogP contribution in [-0.4, -0.2) is 6.86 Å². The van der Waals surface area contributed by atoms with Crippen molar-refractivity contribution < 1.29 is 44.6 Å². The summed E-state index contributed by atoms with van der Waals surface area (Å²) in [6.45, 7) is 0.648. The molecular weight excluding hydrogens is 628 g/mol. The highest BCUT2D eigenvalue weighted by molar-refractivity contribution is 5.65. The molecule has 0 saturated heterocycles. The van der Waals surface area contributed by atoms with Crippen molar-refractivity contribution in [3.05, 3.63) is 82.7 Å². The predicted molar refractivity (Wildman–Crippen MR) is 164 cm³/mol. The number of benzene rings is 3. The van der Waals surface area contributed by atoms with Gasteiger partial charge in [-0.3, -0.25) is 0 Å². The van der Waals surface area contributed by atoms with Gasteiger partial charge in [-0.15, -0.1) is 0 Å². The van der Waals surface area contributed by atoms with Crippen molar-refractivity contribution in [2.24, 2.45) is 17.8 Å². The molecule has 256 valence electrons. The molecule has 2 aliphatic rings. The van der Waals surface area contributed by atoms with Gasteiger partial charge in [-0.1, -0.05) is 57.6 Å². The fourth-order valence-corrected chi connectivity index (χ4v) is 7.57. The summed E-state index contributed by atoms with van der Waals surface area (Å²) >= 11 is 0. The summed E-state index contributed by atoms with van der Waals surface area (Å²) in [5.74, 6) is -7.18. The zero-order valence-corrected chi connectivity index (χ0v) is 26.4. The average molecular weight is 669 g/mol. The van der Waals surface area contributed by atoms with E-state index in [4.69, 9.17) is 0 Å². The van der Waals surface area contributed by atoms with Gasteiger partial charge in [-0.2, -0.15) is 8.78 Å². The number of halogens is 8. The molecule has 5 rings (SSSR count). The van der Waals surface area contributed by atoms with Crippen LogP contribution in [0.3, 0.4) is 0 Å². The van der Waals surface area contributed by atoms with Crippen molar-refractivity contribution in [2.45, 2.75) is 96.0 Å². The van der Waals surface area contributed by atoms with E-state index in [1.165, 1.54) is 63.5 Å². The van der Waals surface area contributed by atoms with Gasteiger partial charge in [-0.05, 0) is 91.5 Å². The molecule has 2 saturated carbocycles. The minimum Gasteiger partial charge on any atom is -0.457 e. The number of ether oxygens (including phenoxy) is 2. The molecule has 3 aromatic rings. The van der Waals surface area contributed by atoms with Crippen LogP contribution in [0.2, 0.25) is 0 Å². The number of hydrogen-bond acceptors (Lipinski definition) is 2. The molecule has 47 heavy (non-hydrogen) atoms. The maximum atomic E-state index is 15.3. The molecule has 0 spiro atoms. The lowest BCUT2D eigenvalue weighted by Crippen LogP contribution is -2.25. The molecule has 10 heteroatoms. The molecule has 0 atom stereocenters. The Kier molecular flexibility index (Phi) is 11.4.